The largest absolute Gasteiger partial charge is 0.503 e. The van der Waals surface area contributed by atoms with E-state index in [1.807, 2.05) is 0 Å². The van der Waals surface area contributed by atoms with Crippen molar-refractivity contribution < 1.29 is 29.0 Å². The molecular formula is C23H20N2O6S2. The third-order valence-electron chi connectivity index (χ3n) is 5.08. The maximum atomic E-state index is 13.3. The summed E-state index contributed by atoms with van der Waals surface area (Å²) in [5.74, 6) is -1.79. The number of benzene rings is 1. The number of hydrogen-bond acceptors (Lipinski definition) is 9. The number of nitrogens with zero attached hydrogens (tertiary/aromatic N) is 2. The van der Waals surface area contributed by atoms with Crippen LogP contribution in [0, 0.1) is 6.92 Å². The summed E-state index contributed by atoms with van der Waals surface area (Å²) in [6, 6.07) is 9.28. The summed E-state index contributed by atoms with van der Waals surface area (Å²) in [5.41, 5.74) is 0.934. The van der Waals surface area contributed by atoms with Gasteiger partial charge in [0.05, 0.1) is 35.9 Å². The molecule has 170 valence electrons. The molecule has 1 aliphatic heterocycles. The normalized spacial score (nSPS) is 15.8. The smallest absolute Gasteiger partial charge is 0.350 e. The maximum Gasteiger partial charge on any atom is 0.350 e. The molecule has 0 saturated carbocycles. The highest BCUT2D eigenvalue weighted by molar-refractivity contribution is 7.17. The summed E-state index contributed by atoms with van der Waals surface area (Å²) in [6.07, 6.45) is 0. The summed E-state index contributed by atoms with van der Waals surface area (Å²) in [7, 11) is 1.53. The Morgan fingerprint density at radius 2 is 1.94 bits per heavy atom. The standard InChI is InChI=1S/C23H20N2O6S2/c1-4-31-22(29)20-12(2)24-23(33-20)25-17(13-7-9-14(30-3)10-8-13)16(19(27)21(25)28)18(26)15-6-5-11-32-15/h5-11,17,27H,4H2,1-3H3/t17-/m0/s1. The highest BCUT2D eigenvalue weighted by Crippen LogP contribution is 2.44. The van der Waals surface area contributed by atoms with Gasteiger partial charge in [-0.1, -0.05) is 29.5 Å². The highest BCUT2D eigenvalue weighted by Gasteiger charge is 2.46. The van der Waals surface area contributed by atoms with Gasteiger partial charge in [-0.3, -0.25) is 14.5 Å². The lowest BCUT2D eigenvalue weighted by molar-refractivity contribution is -0.117. The van der Waals surface area contributed by atoms with Crippen molar-refractivity contribution in [3.8, 4) is 5.75 Å². The van der Waals surface area contributed by atoms with Crippen LogP contribution in [0.4, 0.5) is 5.13 Å². The molecule has 4 rings (SSSR count). The number of carbonyl (C=O) groups is 3. The minimum atomic E-state index is -0.932. The van der Waals surface area contributed by atoms with Crippen LogP contribution in [-0.2, 0) is 9.53 Å². The van der Waals surface area contributed by atoms with Gasteiger partial charge in [0.25, 0.3) is 5.91 Å². The molecule has 0 aliphatic carbocycles. The molecule has 1 amide bonds. The second-order valence-electron chi connectivity index (χ2n) is 7.05. The van der Waals surface area contributed by atoms with Crippen molar-refractivity contribution in [1.29, 1.82) is 0 Å². The number of anilines is 1. The Labute approximate surface area is 197 Å². The second-order valence-corrected chi connectivity index (χ2v) is 8.98. The first-order chi connectivity index (χ1) is 15.9. The first-order valence-corrected chi connectivity index (χ1v) is 11.7. The van der Waals surface area contributed by atoms with Gasteiger partial charge in [-0.25, -0.2) is 9.78 Å². The van der Waals surface area contributed by atoms with Gasteiger partial charge >= 0.3 is 5.97 Å². The predicted molar refractivity (Wildman–Crippen MR) is 124 cm³/mol. The van der Waals surface area contributed by atoms with E-state index in [0.717, 1.165) is 11.3 Å². The number of methoxy groups -OCH3 is 1. The van der Waals surface area contributed by atoms with Gasteiger partial charge in [0.1, 0.15) is 10.6 Å². The van der Waals surface area contributed by atoms with E-state index >= 15 is 0 Å². The summed E-state index contributed by atoms with van der Waals surface area (Å²) in [6.45, 7) is 3.54. The number of aliphatic hydroxyl groups excluding tert-OH is 1. The molecule has 1 aromatic carbocycles. The number of ether oxygens (including phenoxy) is 2. The van der Waals surface area contributed by atoms with Gasteiger partial charge in [0.15, 0.2) is 10.9 Å². The van der Waals surface area contributed by atoms with Crippen LogP contribution in [0.2, 0.25) is 0 Å². The van der Waals surface area contributed by atoms with Crippen LogP contribution in [-0.4, -0.2) is 41.5 Å². The number of aryl methyl sites for hydroxylation is 1. The van der Waals surface area contributed by atoms with Crippen LogP contribution in [0.1, 0.15) is 43.6 Å². The van der Waals surface area contributed by atoms with Gasteiger partial charge in [0, 0.05) is 0 Å². The van der Waals surface area contributed by atoms with E-state index in [2.05, 4.69) is 4.98 Å². The number of ketones is 1. The summed E-state index contributed by atoms with van der Waals surface area (Å²) < 4.78 is 10.3. The summed E-state index contributed by atoms with van der Waals surface area (Å²) in [5, 5.41) is 12.7. The fourth-order valence-electron chi connectivity index (χ4n) is 3.55. The summed E-state index contributed by atoms with van der Waals surface area (Å²) in [4.78, 5) is 45.1. The van der Waals surface area contributed by atoms with Crippen molar-refractivity contribution in [3.05, 3.63) is 74.1 Å². The molecule has 0 radical (unpaired) electrons. The highest BCUT2D eigenvalue weighted by atomic mass is 32.1. The van der Waals surface area contributed by atoms with Gasteiger partial charge in [-0.15, -0.1) is 11.3 Å². The molecule has 1 atom stereocenters. The predicted octanol–water partition coefficient (Wildman–Crippen LogP) is 4.48. The lowest BCUT2D eigenvalue weighted by Crippen LogP contribution is -2.31. The average molecular weight is 485 g/mol. The zero-order valence-electron chi connectivity index (χ0n) is 18.0. The number of thiazole rings is 1. The summed E-state index contributed by atoms with van der Waals surface area (Å²) >= 11 is 2.19. The van der Waals surface area contributed by atoms with Crippen molar-refractivity contribution in [3.63, 3.8) is 0 Å². The van der Waals surface area contributed by atoms with Crippen LogP contribution in [0.25, 0.3) is 0 Å². The fourth-order valence-corrected chi connectivity index (χ4v) is 5.21. The molecular weight excluding hydrogens is 464 g/mol. The minimum absolute atomic E-state index is 0.0434. The van der Waals surface area contributed by atoms with Crippen LogP contribution < -0.4 is 9.64 Å². The number of Topliss-reactive ketones (excluding diaryl/α,β-unsaturated/α-hetero) is 1. The quantitative estimate of drug-likeness (QED) is 0.389. The van der Waals surface area contributed by atoms with Crippen LogP contribution in [0.15, 0.2) is 53.1 Å². The van der Waals surface area contributed by atoms with Crippen LogP contribution in [0.5, 0.6) is 5.75 Å². The second kappa shape index (κ2) is 9.16. The van der Waals surface area contributed by atoms with Crippen molar-refractivity contribution in [2.45, 2.75) is 19.9 Å². The van der Waals surface area contributed by atoms with E-state index in [4.69, 9.17) is 9.47 Å². The molecule has 0 saturated heterocycles. The molecule has 0 fully saturated rings. The molecule has 2 aromatic heterocycles. The molecule has 1 N–H and O–H groups in total. The first kappa shape index (κ1) is 22.7. The Kier molecular flexibility index (Phi) is 6.30. The van der Waals surface area contributed by atoms with Crippen molar-refractivity contribution in [2.75, 3.05) is 18.6 Å². The molecule has 3 aromatic rings. The molecule has 10 heteroatoms. The Balaban J connectivity index is 1.84. The van der Waals surface area contributed by atoms with E-state index in [1.54, 1.807) is 55.6 Å². The molecule has 0 spiro atoms. The van der Waals surface area contributed by atoms with Gasteiger partial charge in [-0.05, 0) is 43.0 Å². The van der Waals surface area contributed by atoms with Crippen LogP contribution >= 0.6 is 22.7 Å². The van der Waals surface area contributed by atoms with Gasteiger partial charge < -0.3 is 14.6 Å². The van der Waals surface area contributed by atoms with Crippen molar-refractivity contribution >= 4 is 45.5 Å². The maximum absolute atomic E-state index is 13.3. The lowest BCUT2D eigenvalue weighted by atomic mass is 9.95. The Hall–Kier alpha value is -3.50. The van der Waals surface area contributed by atoms with E-state index in [-0.39, 0.29) is 22.2 Å². The first-order valence-electron chi connectivity index (χ1n) is 10.0. The molecule has 3 heterocycles. The average Bonchev–Trinajstić information content (AvgIpc) is 3.53. The third kappa shape index (κ3) is 4.03. The Morgan fingerprint density at radius 1 is 1.21 bits per heavy atom. The molecule has 0 bridgehead atoms. The van der Waals surface area contributed by atoms with E-state index < -0.39 is 29.5 Å². The fraction of sp³-hybridized carbons (Fsp3) is 0.217. The zero-order chi connectivity index (χ0) is 23.7. The molecule has 0 unspecified atom stereocenters. The number of esters is 1. The van der Waals surface area contributed by atoms with E-state index in [9.17, 15) is 19.5 Å². The molecule has 1 aliphatic rings. The zero-order valence-corrected chi connectivity index (χ0v) is 19.7. The molecule has 8 nitrogen and oxygen atoms in total. The number of rotatable bonds is 7. The van der Waals surface area contributed by atoms with Crippen LogP contribution in [0.3, 0.4) is 0 Å². The van der Waals surface area contributed by atoms with Crippen molar-refractivity contribution in [2.24, 2.45) is 0 Å². The third-order valence-corrected chi connectivity index (χ3v) is 7.09. The van der Waals surface area contributed by atoms with E-state index in [0.29, 0.717) is 21.9 Å². The number of aliphatic hydroxyl groups is 1. The lowest BCUT2D eigenvalue weighted by Gasteiger charge is -2.24. The number of amides is 1. The number of aromatic nitrogens is 1. The van der Waals surface area contributed by atoms with Crippen molar-refractivity contribution in [1.82, 2.24) is 4.98 Å². The number of hydrogen-bond donors (Lipinski definition) is 1. The number of thiophene rings is 1. The topological polar surface area (TPSA) is 106 Å². The SMILES string of the molecule is CCOC(=O)c1sc(N2C(=O)C(O)=C(C(=O)c3cccs3)[C@@H]2c2ccc(OC)cc2)nc1C. The molecule has 33 heavy (non-hydrogen) atoms. The monoisotopic (exact) mass is 484 g/mol. The number of carbonyl (C=O) groups excluding carboxylic acids is 3. The van der Waals surface area contributed by atoms with Gasteiger partial charge in [-0.2, -0.15) is 0 Å². The Morgan fingerprint density at radius 3 is 2.55 bits per heavy atom. The minimum Gasteiger partial charge on any atom is -0.503 e. The van der Waals surface area contributed by atoms with Gasteiger partial charge in [0.2, 0.25) is 5.78 Å². The Bertz CT molecular complexity index is 1240. The van der Waals surface area contributed by atoms with E-state index in [1.165, 1.54) is 23.3 Å².